The quantitative estimate of drug-likeness (QED) is 0.484. The summed E-state index contributed by atoms with van der Waals surface area (Å²) in [6.45, 7) is 3.75. The van der Waals surface area contributed by atoms with E-state index < -0.39 is 19.5 Å². The van der Waals surface area contributed by atoms with Crippen LogP contribution in [0.25, 0.3) is 11.2 Å². The Morgan fingerprint density at radius 2 is 2.27 bits per heavy atom. The molecule has 22 heavy (non-hydrogen) atoms. The lowest BCUT2D eigenvalue weighted by molar-refractivity contribution is 0.126. The van der Waals surface area contributed by atoms with Gasteiger partial charge in [0.2, 0.25) is 5.95 Å². The number of nitrogens with one attached hydrogen (secondary N) is 1. The van der Waals surface area contributed by atoms with Crippen molar-refractivity contribution in [1.82, 2.24) is 19.5 Å². The third-order valence-electron chi connectivity index (χ3n) is 2.60. The molecule has 0 aromatic carbocycles. The van der Waals surface area contributed by atoms with Crippen molar-refractivity contribution < 1.29 is 18.7 Å². The molecule has 2 aromatic heterocycles. The summed E-state index contributed by atoms with van der Waals surface area (Å²) in [5.41, 5.74) is 5.56. The zero-order chi connectivity index (χ0) is 16.3. The van der Waals surface area contributed by atoms with Crippen molar-refractivity contribution in [3.63, 3.8) is 0 Å². The summed E-state index contributed by atoms with van der Waals surface area (Å²) in [6.07, 6.45) is 0.656. The molecule has 0 spiro atoms. The van der Waals surface area contributed by atoms with Crippen molar-refractivity contribution in [2.24, 2.45) is 0 Å². The van der Waals surface area contributed by atoms with E-state index in [1.165, 1.54) is 6.33 Å². The summed E-state index contributed by atoms with van der Waals surface area (Å²) in [4.78, 5) is 31.4. The molecular formula is C11H18N5O5P. The van der Waals surface area contributed by atoms with Crippen molar-refractivity contribution in [3.05, 3.63) is 16.7 Å². The molecule has 0 fully saturated rings. The van der Waals surface area contributed by atoms with Gasteiger partial charge in [-0.25, -0.2) is 4.98 Å². The molecule has 0 aliphatic rings. The Labute approximate surface area is 125 Å². The number of ether oxygens (including phenoxy) is 1. The van der Waals surface area contributed by atoms with Crippen LogP contribution in [0.1, 0.15) is 13.8 Å². The van der Waals surface area contributed by atoms with Crippen molar-refractivity contribution >= 4 is 24.7 Å². The minimum absolute atomic E-state index is 0.00892. The minimum Gasteiger partial charge on any atom is -0.369 e. The van der Waals surface area contributed by atoms with Gasteiger partial charge in [-0.2, -0.15) is 4.98 Å². The molecule has 2 aromatic rings. The van der Waals surface area contributed by atoms with Crippen LogP contribution in [-0.2, 0) is 20.4 Å². The molecule has 0 saturated carbocycles. The Bertz CT molecular complexity index is 755. The molecule has 0 amide bonds. The number of aromatic amines is 1. The minimum atomic E-state index is -3.76. The standard InChI is InChI=1S/C11H18N5O5P/c1-7(2)21-22(18,19)6-20-4-3-16-5-13-8-9(16)14-11(12)15-10(8)17/h5,7H,3-4,6H2,1-2H3,(H,18,19)(H3,12,14,15,17). The highest BCUT2D eigenvalue weighted by atomic mass is 31.2. The molecule has 2 heterocycles. The first-order valence-corrected chi connectivity index (χ1v) is 8.33. The summed E-state index contributed by atoms with van der Waals surface area (Å²) in [6, 6.07) is 0. The Kier molecular flexibility index (Phi) is 4.97. The van der Waals surface area contributed by atoms with E-state index in [4.69, 9.17) is 15.0 Å². The van der Waals surface area contributed by atoms with Crippen molar-refractivity contribution in [3.8, 4) is 0 Å². The van der Waals surface area contributed by atoms with E-state index in [9.17, 15) is 14.3 Å². The lowest BCUT2D eigenvalue weighted by atomic mass is 10.5. The van der Waals surface area contributed by atoms with E-state index in [1.807, 2.05) is 0 Å². The average Bonchev–Trinajstić information content (AvgIpc) is 2.76. The van der Waals surface area contributed by atoms with Crippen LogP contribution in [0.5, 0.6) is 0 Å². The Morgan fingerprint density at radius 3 is 2.95 bits per heavy atom. The third kappa shape index (κ3) is 4.14. The van der Waals surface area contributed by atoms with Gasteiger partial charge in [0.1, 0.15) is 6.35 Å². The maximum absolute atomic E-state index is 11.6. The Morgan fingerprint density at radius 1 is 1.55 bits per heavy atom. The summed E-state index contributed by atoms with van der Waals surface area (Å²) in [7, 11) is -3.76. The molecule has 11 heteroatoms. The number of rotatable bonds is 7. The van der Waals surface area contributed by atoms with Crippen molar-refractivity contribution in [1.29, 1.82) is 0 Å². The largest absolute Gasteiger partial charge is 0.369 e. The van der Waals surface area contributed by atoms with E-state index >= 15 is 0 Å². The van der Waals surface area contributed by atoms with Crippen LogP contribution in [0.4, 0.5) is 5.95 Å². The fraction of sp³-hybridized carbons (Fsp3) is 0.545. The third-order valence-corrected chi connectivity index (χ3v) is 3.86. The van der Waals surface area contributed by atoms with Crippen LogP contribution in [-0.4, -0.2) is 43.5 Å². The Hall–Kier alpha value is -1.74. The fourth-order valence-corrected chi connectivity index (χ4v) is 2.92. The van der Waals surface area contributed by atoms with Gasteiger partial charge in [-0.15, -0.1) is 0 Å². The van der Waals surface area contributed by atoms with Crippen molar-refractivity contribution in [2.75, 3.05) is 18.7 Å². The Balaban J connectivity index is 1.96. The predicted octanol–water partition coefficient (Wildman–Crippen LogP) is 0.286. The van der Waals surface area contributed by atoms with Gasteiger partial charge >= 0.3 is 7.60 Å². The molecule has 2 rings (SSSR count). The monoisotopic (exact) mass is 331 g/mol. The molecule has 10 nitrogen and oxygen atoms in total. The molecule has 4 N–H and O–H groups in total. The van der Waals surface area contributed by atoms with E-state index in [-0.39, 0.29) is 24.2 Å². The second kappa shape index (κ2) is 6.57. The van der Waals surface area contributed by atoms with E-state index in [2.05, 4.69) is 15.0 Å². The molecule has 0 aliphatic carbocycles. The molecule has 0 saturated heterocycles. The predicted molar refractivity (Wildman–Crippen MR) is 79.4 cm³/mol. The molecule has 0 aliphatic heterocycles. The summed E-state index contributed by atoms with van der Waals surface area (Å²) in [5, 5.41) is 0. The van der Waals surface area contributed by atoms with Gasteiger partial charge in [0.15, 0.2) is 11.2 Å². The normalized spacial score (nSPS) is 14.5. The number of anilines is 1. The second-order valence-corrected chi connectivity index (χ2v) is 6.63. The van der Waals surface area contributed by atoms with Crippen LogP contribution in [0.2, 0.25) is 0 Å². The molecular weight excluding hydrogens is 313 g/mol. The molecule has 0 radical (unpaired) electrons. The first-order chi connectivity index (χ1) is 10.3. The van der Waals surface area contributed by atoms with Crippen LogP contribution in [0.15, 0.2) is 11.1 Å². The number of imidazole rings is 1. The van der Waals surface area contributed by atoms with Gasteiger partial charge in [0.05, 0.1) is 19.0 Å². The maximum atomic E-state index is 11.6. The maximum Gasteiger partial charge on any atom is 0.353 e. The van der Waals surface area contributed by atoms with Gasteiger partial charge in [-0.05, 0) is 13.8 Å². The number of hydrogen-bond acceptors (Lipinski definition) is 7. The van der Waals surface area contributed by atoms with E-state index in [1.54, 1.807) is 18.4 Å². The number of aromatic nitrogens is 4. The molecule has 1 atom stereocenters. The van der Waals surface area contributed by atoms with Gasteiger partial charge in [0.25, 0.3) is 5.56 Å². The topological polar surface area (TPSA) is 145 Å². The van der Waals surface area contributed by atoms with E-state index in [0.717, 1.165) is 0 Å². The SMILES string of the molecule is CC(C)OP(=O)(O)COCCn1cnc2c(=O)[nH]c(N)nc21. The van der Waals surface area contributed by atoms with Gasteiger partial charge in [-0.3, -0.25) is 14.3 Å². The van der Waals surface area contributed by atoms with Crippen LogP contribution < -0.4 is 11.3 Å². The van der Waals surface area contributed by atoms with Crippen LogP contribution in [0.3, 0.4) is 0 Å². The highest BCUT2D eigenvalue weighted by Crippen LogP contribution is 2.42. The lowest BCUT2D eigenvalue weighted by Crippen LogP contribution is -2.13. The van der Waals surface area contributed by atoms with Gasteiger partial charge < -0.3 is 24.5 Å². The first kappa shape index (κ1) is 16.6. The van der Waals surface area contributed by atoms with Crippen LogP contribution >= 0.6 is 7.60 Å². The fourth-order valence-electron chi connectivity index (χ4n) is 1.84. The van der Waals surface area contributed by atoms with Gasteiger partial charge in [-0.1, -0.05) is 0 Å². The second-order valence-electron chi connectivity index (χ2n) is 4.89. The number of nitrogen functional groups attached to an aromatic ring is 1. The zero-order valence-corrected chi connectivity index (χ0v) is 13.1. The number of H-pyrrole nitrogens is 1. The highest BCUT2D eigenvalue weighted by Gasteiger charge is 2.21. The number of nitrogens with two attached hydrogens (primary N) is 1. The number of nitrogens with zero attached hydrogens (tertiary/aromatic N) is 3. The smallest absolute Gasteiger partial charge is 0.353 e. The average molecular weight is 331 g/mol. The number of fused-ring (bicyclic) bond motifs is 1. The van der Waals surface area contributed by atoms with Crippen molar-refractivity contribution in [2.45, 2.75) is 26.5 Å². The van der Waals surface area contributed by atoms with Crippen LogP contribution in [0, 0.1) is 0 Å². The number of hydrogen-bond donors (Lipinski definition) is 3. The van der Waals surface area contributed by atoms with Gasteiger partial charge in [0, 0.05) is 6.54 Å². The highest BCUT2D eigenvalue weighted by molar-refractivity contribution is 7.52. The lowest BCUT2D eigenvalue weighted by Gasteiger charge is -2.14. The molecule has 122 valence electrons. The summed E-state index contributed by atoms with van der Waals surface area (Å²) >= 11 is 0. The molecule has 0 bridgehead atoms. The van der Waals surface area contributed by atoms with E-state index in [0.29, 0.717) is 12.2 Å². The zero-order valence-electron chi connectivity index (χ0n) is 12.2. The molecule has 1 unspecified atom stereocenters. The summed E-state index contributed by atoms with van der Waals surface area (Å²) in [5.74, 6) is -0.00892. The summed E-state index contributed by atoms with van der Waals surface area (Å²) < 4.78 is 23.2. The first-order valence-electron chi connectivity index (χ1n) is 6.57.